The predicted molar refractivity (Wildman–Crippen MR) is 120 cm³/mol. The van der Waals surface area contributed by atoms with E-state index in [0.29, 0.717) is 37.2 Å². The van der Waals surface area contributed by atoms with Gasteiger partial charge in [-0.05, 0) is 44.4 Å². The van der Waals surface area contributed by atoms with E-state index in [1.807, 2.05) is 25.1 Å². The van der Waals surface area contributed by atoms with Gasteiger partial charge < -0.3 is 14.9 Å². The van der Waals surface area contributed by atoms with Crippen LogP contribution in [0.3, 0.4) is 0 Å². The molecule has 0 spiro atoms. The van der Waals surface area contributed by atoms with Crippen molar-refractivity contribution in [2.45, 2.75) is 44.2 Å². The summed E-state index contributed by atoms with van der Waals surface area (Å²) in [7, 11) is -3.81. The third kappa shape index (κ3) is 3.40. The maximum atomic E-state index is 13.1. The van der Waals surface area contributed by atoms with Gasteiger partial charge in [0.1, 0.15) is 5.03 Å². The highest BCUT2D eigenvalue weighted by atomic mass is 32.2. The van der Waals surface area contributed by atoms with Crippen molar-refractivity contribution in [1.82, 2.24) is 19.6 Å². The zero-order chi connectivity index (χ0) is 22.7. The number of nitriles is 1. The van der Waals surface area contributed by atoms with Crippen molar-refractivity contribution in [3.05, 3.63) is 52.8 Å². The third-order valence-corrected chi connectivity index (χ3v) is 8.01. The summed E-state index contributed by atoms with van der Waals surface area (Å²) >= 11 is 0. The number of rotatable bonds is 4. The number of carbonyl (C=O) groups excluding carboxylic acids is 1. The number of carbonyl (C=O) groups is 1. The lowest BCUT2D eigenvalue weighted by atomic mass is 9.83. The van der Waals surface area contributed by atoms with Crippen molar-refractivity contribution in [1.29, 1.82) is 5.26 Å². The van der Waals surface area contributed by atoms with Crippen LogP contribution in [-0.2, 0) is 22.9 Å². The number of H-pyrrole nitrogens is 2. The second kappa shape index (κ2) is 7.22. The Bertz CT molecular complexity index is 1370. The molecule has 3 N–H and O–H groups in total. The number of hydrogen-bond acceptors (Lipinski definition) is 4. The smallest absolute Gasteiger partial charge is 0.256 e. The number of nitrogens with zero attached hydrogens (tertiary/aromatic N) is 2. The Balaban J connectivity index is 1.32. The lowest BCUT2D eigenvalue weighted by molar-refractivity contribution is 0.0368. The first-order valence-corrected chi connectivity index (χ1v) is 12.2. The number of fused-ring (bicyclic) bond motifs is 3. The fourth-order valence-electron chi connectivity index (χ4n) is 4.84. The zero-order valence-corrected chi connectivity index (χ0v) is 18.8. The van der Waals surface area contributed by atoms with Crippen LogP contribution < -0.4 is 4.72 Å². The van der Waals surface area contributed by atoms with Gasteiger partial charge in [0.25, 0.3) is 15.9 Å². The van der Waals surface area contributed by atoms with Gasteiger partial charge in [0.2, 0.25) is 0 Å². The number of aromatic nitrogens is 2. The molecule has 1 aliphatic carbocycles. The summed E-state index contributed by atoms with van der Waals surface area (Å²) < 4.78 is 28.9. The maximum Gasteiger partial charge on any atom is 0.256 e. The number of aromatic amines is 2. The Labute approximate surface area is 186 Å². The molecule has 0 bridgehead atoms. The van der Waals surface area contributed by atoms with Crippen LogP contribution in [0.25, 0.3) is 10.9 Å². The Morgan fingerprint density at radius 3 is 2.78 bits per heavy atom. The van der Waals surface area contributed by atoms with E-state index in [1.165, 1.54) is 17.0 Å². The first-order chi connectivity index (χ1) is 15.2. The quantitative estimate of drug-likeness (QED) is 0.564. The molecule has 5 rings (SSSR count). The third-order valence-electron chi connectivity index (χ3n) is 6.56. The van der Waals surface area contributed by atoms with Crippen LogP contribution in [0.1, 0.15) is 40.7 Å². The number of hydrogen-bond donors (Lipinski definition) is 3. The van der Waals surface area contributed by atoms with Crippen molar-refractivity contribution in [3.8, 4) is 6.07 Å². The van der Waals surface area contributed by atoms with Gasteiger partial charge in [-0.3, -0.25) is 4.79 Å². The topological polar surface area (TPSA) is 122 Å². The molecule has 2 aromatic heterocycles. The minimum atomic E-state index is -3.81. The molecule has 2 aliphatic rings. The van der Waals surface area contributed by atoms with Crippen LogP contribution in [0.5, 0.6) is 0 Å². The molecule has 3 heterocycles. The second-order valence-electron chi connectivity index (χ2n) is 9.19. The summed E-state index contributed by atoms with van der Waals surface area (Å²) in [6.07, 6.45) is 2.10. The Hall–Kier alpha value is -3.09. The monoisotopic (exact) mass is 451 g/mol. The number of likely N-dealkylation sites (tertiary alicyclic amines) is 1. The minimum Gasteiger partial charge on any atom is -0.358 e. The van der Waals surface area contributed by atoms with E-state index in [2.05, 4.69) is 26.8 Å². The molecular weight excluding hydrogens is 426 g/mol. The number of sulfonamides is 1. The summed E-state index contributed by atoms with van der Waals surface area (Å²) in [6.45, 7) is 4.20. The van der Waals surface area contributed by atoms with Crippen molar-refractivity contribution >= 4 is 26.8 Å². The molecule has 3 aromatic rings. The lowest BCUT2D eigenvalue weighted by Crippen LogP contribution is -2.56. The highest BCUT2D eigenvalue weighted by Gasteiger charge is 2.42. The zero-order valence-electron chi connectivity index (χ0n) is 18.0. The SMILES string of the molecule is Cc1[nH]c(S(=O)(=O)N[C@@H]2CCc3c([nH]c4ccccc34)C2)cc1C(=O)N1CC(C)(C#N)C1. The van der Waals surface area contributed by atoms with E-state index in [4.69, 9.17) is 5.26 Å². The molecule has 1 atom stereocenters. The molecule has 0 unspecified atom stereocenters. The molecule has 0 radical (unpaired) electrons. The van der Waals surface area contributed by atoms with E-state index in [0.717, 1.165) is 17.6 Å². The van der Waals surface area contributed by atoms with E-state index >= 15 is 0 Å². The van der Waals surface area contributed by atoms with E-state index in [9.17, 15) is 13.2 Å². The summed E-state index contributed by atoms with van der Waals surface area (Å²) in [5.74, 6) is -0.256. The van der Waals surface area contributed by atoms with Crippen molar-refractivity contribution in [3.63, 3.8) is 0 Å². The number of para-hydroxylation sites is 1. The Morgan fingerprint density at radius 1 is 1.28 bits per heavy atom. The molecule has 1 saturated heterocycles. The van der Waals surface area contributed by atoms with Crippen LogP contribution >= 0.6 is 0 Å². The van der Waals surface area contributed by atoms with Crippen molar-refractivity contribution in [2.75, 3.05) is 13.1 Å². The molecule has 9 heteroatoms. The average molecular weight is 452 g/mol. The molecular formula is C23H25N5O3S. The summed E-state index contributed by atoms with van der Waals surface area (Å²) in [4.78, 5) is 20.6. The van der Waals surface area contributed by atoms with Gasteiger partial charge in [-0.1, -0.05) is 18.2 Å². The minimum absolute atomic E-state index is 0.00985. The van der Waals surface area contributed by atoms with Crippen molar-refractivity contribution in [2.24, 2.45) is 5.41 Å². The fraction of sp³-hybridized carbons (Fsp3) is 0.391. The number of aryl methyl sites for hydroxylation is 2. The largest absolute Gasteiger partial charge is 0.358 e. The first kappa shape index (κ1) is 20.8. The Morgan fingerprint density at radius 2 is 2.03 bits per heavy atom. The molecule has 0 saturated carbocycles. The summed E-state index contributed by atoms with van der Waals surface area (Å²) in [5.41, 5.74) is 3.70. The lowest BCUT2D eigenvalue weighted by Gasteiger charge is -2.43. The maximum absolute atomic E-state index is 13.1. The van der Waals surface area contributed by atoms with E-state index in [-0.39, 0.29) is 17.0 Å². The number of nitrogens with one attached hydrogen (secondary N) is 3. The van der Waals surface area contributed by atoms with Gasteiger partial charge in [-0.15, -0.1) is 0 Å². The standard InChI is InChI=1S/C23H25N5O3S/c1-14-18(22(29)28-12-23(2,11-24)13-28)10-21(25-14)32(30,31)27-15-7-8-17-16-5-3-4-6-19(16)26-20(17)9-15/h3-6,10,15,25-27H,7-9,12-13H2,1-2H3/t15-/m1/s1. The van der Waals surface area contributed by atoms with Gasteiger partial charge >= 0.3 is 0 Å². The summed E-state index contributed by atoms with van der Waals surface area (Å²) in [5, 5.41) is 10.3. The van der Waals surface area contributed by atoms with E-state index < -0.39 is 15.4 Å². The number of benzene rings is 1. The Kier molecular flexibility index (Phi) is 4.69. The first-order valence-electron chi connectivity index (χ1n) is 10.7. The average Bonchev–Trinajstić information content (AvgIpc) is 3.31. The van der Waals surface area contributed by atoms with Crippen LogP contribution in [-0.4, -0.2) is 48.3 Å². The molecule has 1 aliphatic heterocycles. The molecule has 1 aromatic carbocycles. The second-order valence-corrected chi connectivity index (χ2v) is 10.9. The van der Waals surface area contributed by atoms with Crippen LogP contribution in [0.15, 0.2) is 35.4 Å². The molecule has 1 amide bonds. The fourth-order valence-corrected chi connectivity index (χ4v) is 6.17. The molecule has 32 heavy (non-hydrogen) atoms. The van der Waals surface area contributed by atoms with E-state index in [1.54, 1.807) is 11.8 Å². The van der Waals surface area contributed by atoms with Gasteiger partial charge in [0, 0.05) is 47.8 Å². The molecule has 8 nitrogen and oxygen atoms in total. The highest BCUT2D eigenvalue weighted by molar-refractivity contribution is 7.89. The van der Waals surface area contributed by atoms with Crippen LogP contribution in [0.4, 0.5) is 0 Å². The van der Waals surface area contributed by atoms with Crippen LogP contribution in [0, 0.1) is 23.7 Å². The van der Waals surface area contributed by atoms with Gasteiger partial charge in [-0.25, -0.2) is 13.1 Å². The predicted octanol–water partition coefficient (Wildman–Crippen LogP) is 2.63. The van der Waals surface area contributed by atoms with Gasteiger partial charge in [0.15, 0.2) is 0 Å². The van der Waals surface area contributed by atoms with Gasteiger partial charge in [-0.2, -0.15) is 5.26 Å². The molecule has 1 fully saturated rings. The van der Waals surface area contributed by atoms with Crippen LogP contribution in [0.2, 0.25) is 0 Å². The normalized spacial score (nSPS) is 19.9. The molecule has 166 valence electrons. The summed E-state index contributed by atoms with van der Waals surface area (Å²) in [6, 6.07) is 11.5. The van der Waals surface area contributed by atoms with Gasteiger partial charge in [0.05, 0.1) is 17.0 Å². The highest BCUT2D eigenvalue weighted by Crippen LogP contribution is 2.32. The number of amides is 1. The van der Waals surface area contributed by atoms with Crippen molar-refractivity contribution < 1.29 is 13.2 Å².